The molecule has 0 bridgehead atoms. The molecule has 34 heavy (non-hydrogen) atoms. The van der Waals surface area contributed by atoms with E-state index in [9.17, 15) is 13.4 Å². The SMILES string of the molecule is Cc1cc(F)cnc1C(=O)Cc1ccc(F)c([C@@]2(C)N=C(N)C(C)(C)[S@@]3(=O)=NCCCC[C@H]23)n1. The molecule has 4 rings (SSSR count). The van der Waals surface area contributed by atoms with Gasteiger partial charge in [0.15, 0.2) is 5.78 Å². The first-order chi connectivity index (χ1) is 15.9. The summed E-state index contributed by atoms with van der Waals surface area (Å²) in [5, 5.41) is -0.584. The molecule has 2 aromatic heterocycles. The van der Waals surface area contributed by atoms with Crippen LogP contribution in [0.3, 0.4) is 0 Å². The molecule has 0 amide bonds. The van der Waals surface area contributed by atoms with Gasteiger partial charge < -0.3 is 5.73 Å². The molecule has 0 unspecified atom stereocenters. The lowest BCUT2D eigenvalue weighted by atomic mass is 9.88. The summed E-state index contributed by atoms with van der Waals surface area (Å²) in [4.78, 5) is 25.9. The fraction of sp³-hybridized carbons (Fsp3) is 0.500. The van der Waals surface area contributed by atoms with E-state index < -0.39 is 36.9 Å². The number of hydrogen-bond donors (Lipinski definition) is 1. The van der Waals surface area contributed by atoms with Crippen molar-refractivity contribution in [1.29, 1.82) is 0 Å². The van der Waals surface area contributed by atoms with Crippen LogP contribution in [0.25, 0.3) is 0 Å². The van der Waals surface area contributed by atoms with E-state index >= 15 is 4.39 Å². The maximum Gasteiger partial charge on any atom is 0.187 e. The molecule has 0 aliphatic carbocycles. The number of ketones is 1. The van der Waals surface area contributed by atoms with Crippen molar-refractivity contribution in [3.05, 3.63) is 58.7 Å². The minimum atomic E-state index is -2.91. The molecule has 7 nitrogen and oxygen atoms in total. The number of Topliss-reactive ketones (excluding diaryl/α,β-unsaturated/α-hetero) is 1. The van der Waals surface area contributed by atoms with Crippen LogP contribution in [0, 0.1) is 18.6 Å². The van der Waals surface area contributed by atoms with E-state index in [1.54, 1.807) is 27.7 Å². The summed E-state index contributed by atoms with van der Waals surface area (Å²) in [7, 11) is -2.91. The number of pyridine rings is 2. The van der Waals surface area contributed by atoms with E-state index in [1.807, 2.05) is 0 Å². The molecule has 2 N–H and O–H groups in total. The lowest BCUT2D eigenvalue weighted by Gasteiger charge is -2.46. The number of aromatic nitrogens is 2. The molecule has 10 heteroatoms. The lowest BCUT2D eigenvalue weighted by molar-refractivity contribution is 0.0986. The van der Waals surface area contributed by atoms with Crippen molar-refractivity contribution < 1.29 is 17.8 Å². The first-order valence-corrected chi connectivity index (χ1v) is 12.9. The van der Waals surface area contributed by atoms with Crippen LogP contribution in [0.1, 0.15) is 67.5 Å². The van der Waals surface area contributed by atoms with Crippen LogP contribution in [0.15, 0.2) is 33.8 Å². The van der Waals surface area contributed by atoms with Crippen molar-refractivity contribution in [1.82, 2.24) is 9.97 Å². The number of aryl methyl sites for hydroxylation is 1. The highest BCUT2D eigenvalue weighted by atomic mass is 32.2. The third-order valence-corrected chi connectivity index (χ3v) is 10.6. The second-order valence-corrected chi connectivity index (χ2v) is 12.6. The zero-order valence-corrected chi connectivity index (χ0v) is 20.6. The molecule has 0 fully saturated rings. The molecule has 3 atom stereocenters. The van der Waals surface area contributed by atoms with Crippen molar-refractivity contribution in [2.75, 3.05) is 6.54 Å². The average molecular weight is 490 g/mol. The number of nitrogens with two attached hydrogens (primary N) is 1. The van der Waals surface area contributed by atoms with Gasteiger partial charge in [0.2, 0.25) is 0 Å². The normalized spacial score (nSPS) is 28.3. The number of hydrogen-bond acceptors (Lipinski definition) is 7. The first kappa shape index (κ1) is 24.4. The van der Waals surface area contributed by atoms with E-state index in [4.69, 9.17) is 5.73 Å². The van der Waals surface area contributed by atoms with E-state index in [0.29, 0.717) is 24.2 Å². The van der Waals surface area contributed by atoms with Gasteiger partial charge in [0.1, 0.15) is 39.1 Å². The molecular formula is C24H29F2N5O2S. The zero-order chi connectivity index (χ0) is 24.9. The number of aliphatic imine (C=N–C) groups is 1. The standard InChI is InChI=1S/C24H29F2N5O2S/c1-14-11-15(25)13-28-20(14)18(32)12-16-8-9-17(26)21(30-16)24(4)19-7-5-6-10-29-34(19,33)23(2,3)22(27)31-24/h8-9,11,13,19H,5-7,10,12H2,1-4H3,(H2,27,31)/t19-,24+,34-/m1/s1. The van der Waals surface area contributed by atoms with Gasteiger partial charge in [-0.3, -0.25) is 14.8 Å². The van der Waals surface area contributed by atoms with E-state index in [0.717, 1.165) is 19.0 Å². The summed E-state index contributed by atoms with van der Waals surface area (Å²) in [5.74, 6) is -1.36. The van der Waals surface area contributed by atoms with Crippen LogP contribution in [0.4, 0.5) is 8.78 Å². The Morgan fingerprint density at radius 2 is 1.97 bits per heavy atom. The van der Waals surface area contributed by atoms with Crippen molar-refractivity contribution >= 4 is 21.3 Å². The summed E-state index contributed by atoms with van der Waals surface area (Å²) in [6.07, 6.45) is 2.94. The van der Waals surface area contributed by atoms with Gasteiger partial charge in [-0.25, -0.2) is 22.3 Å². The summed E-state index contributed by atoms with van der Waals surface area (Å²) in [6, 6.07) is 3.90. The molecule has 0 saturated carbocycles. The average Bonchev–Trinajstić information content (AvgIpc) is 2.97. The van der Waals surface area contributed by atoms with Gasteiger partial charge >= 0.3 is 0 Å². The Labute approximate surface area is 198 Å². The summed E-state index contributed by atoms with van der Waals surface area (Å²) in [6.45, 7) is 7.29. The number of fused-ring (bicyclic) bond motifs is 1. The van der Waals surface area contributed by atoms with Crippen LogP contribution >= 0.6 is 0 Å². The van der Waals surface area contributed by atoms with Crippen LogP contribution < -0.4 is 5.73 Å². The highest BCUT2D eigenvalue weighted by Gasteiger charge is 2.56. The summed E-state index contributed by atoms with van der Waals surface area (Å²) < 4.78 is 46.6. The van der Waals surface area contributed by atoms with Gasteiger partial charge in [0, 0.05) is 12.2 Å². The second kappa shape index (κ2) is 8.48. The largest absolute Gasteiger partial charge is 0.386 e. The van der Waals surface area contributed by atoms with Gasteiger partial charge in [-0.2, -0.15) is 0 Å². The van der Waals surface area contributed by atoms with E-state index in [2.05, 4.69) is 19.3 Å². The minimum Gasteiger partial charge on any atom is -0.386 e. The Kier molecular flexibility index (Phi) is 6.08. The predicted molar refractivity (Wildman–Crippen MR) is 127 cm³/mol. The van der Waals surface area contributed by atoms with E-state index in [1.165, 1.54) is 18.2 Å². The third kappa shape index (κ3) is 3.81. The Hall–Kier alpha value is -2.75. The smallest absolute Gasteiger partial charge is 0.187 e. The van der Waals surface area contributed by atoms with Crippen molar-refractivity contribution in [3.8, 4) is 0 Å². The molecular weight excluding hydrogens is 460 g/mol. The van der Waals surface area contributed by atoms with Crippen LogP contribution in [-0.4, -0.2) is 42.3 Å². The van der Waals surface area contributed by atoms with Gasteiger partial charge in [0.25, 0.3) is 0 Å². The number of carbonyl (C=O) groups is 1. The number of nitrogens with zero attached hydrogens (tertiary/aromatic N) is 4. The van der Waals surface area contributed by atoms with Crippen LogP contribution in [0.2, 0.25) is 0 Å². The van der Waals surface area contributed by atoms with Crippen molar-refractivity contribution in [2.24, 2.45) is 15.1 Å². The fourth-order valence-electron chi connectivity index (χ4n) is 4.83. The van der Waals surface area contributed by atoms with Crippen molar-refractivity contribution in [2.45, 2.75) is 68.9 Å². The molecule has 2 aromatic rings. The molecule has 2 aliphatic heterocycles. The Morgan fingerprint density at radius 1 is 1.24 bits per heavy atom. The highest BCUT2D eigenvalue weighted by molar-refractivity contribution is 7.96. The Bertz CT molecular complexity index is 1320. The molecule has 0 saturated heterocycles. The minimum absolute atomic E-state index is 0.00476. The third-order valence-electron chi connectivity index (χ3n) is 6.90. The molecule has 0 spiro atoms. The molecule has 0 radical (unpaired) electrons. The van der Waals surface area contributed by atoms with Crippen LogP contribution in [0.5, 0.6) is 0 Å². The van der Waals surface area contributed by atoms with Gasteiger partial charge in [-0.05, 0) is 64.3 Å². The van der Waals surface area contributed by atoms with Crippen LogP contribution in [-0.2, 0) is 21.7 Å². The number of amidine groups is 1. The van der Waals surface area contributed by atoms with Gasteiger partial charge in [-0.1, -0.05) is 6.42 Å². The molecule has 182 valence electrons. The Morgan fingerprint density at radius 3 is 2.68 bits per heavy atom. The quantitative estimate of drug-likeness (QED) is 0.656. The molecule has 2 aliphatic rings. The number of rotatable bonds is 4. The summed E-state index contributed by atoms with van der Waals surface area (Å²) >= 11 is 0. The van der Waals surface area contributed by atoms with Gasteiger partial charge in [-0.15, -0.1) is 0 Å². The number of halogens is 2. The van der Waals surface area contributed by atoms with Crippen molar-refractivity contribution in [3.63, 3.8) is 0 Å². The van der Waals surface area contributed by atoms with E-state index in [-0.39, 0.29) is 29.4 Å². The Balaban J connectivity index is 1.80. The topological polar surface area (TPSA) is 111 Å². The maximum atomic E-state index is 15.2. The first-order valence-electron chi connectivity index (χ1n) is 11.3. The van der Waals surface area contributed by atoms with Gasteiger partial charge in [0.05, 0.1) is 27.6 Å². The molecule has 0 aromatic carbocycles. The fourth-order valence-corrected chi connectivity index (χ4v) is 8.06. The zero-order valence-electron chi connectivity index (χ0n) is 19.8. The second-order valence-electron chi connectivity index (χ2n) is 9.61. The summed E-state index contributed by atoms with van der Waals surface area (Å²) in [5.41, 5.74) is 5.85. The molecule has 4 heterocycles. The predicted octanol–water partition coefficient (Wildman–Crippen LogP) is 3.87. The highest BCUT2D eigenvalue weighted by Crippen LogP contribution is 2.46. The number of carbonyl (C=O) groups excluding carboxylic acids is 1. The lowest BCUT2D eigenvalue weighted by Crippen LogP contribution is -2.59. The maximum absolute atomic E-state index is 15.2. The monoisotopic (exact) mass is 489 g/mol.